The first-order chi connectivity index (χ1) is 11.9. The van der Waals surface area contributed by atoms with E-state index in [4.69, 9.17) is 4.74 Å². The molecule has 0 amide bonds. The number of carbonyl (C=O) groups excluding carboxylic acids is 2. The maximum absolute atomic E-state index is 12.8. The molecule has 0 spiro atoms. The molecular weight excluding hydrogens is 324 g/mol. The van der Waals surface area contributed by atoms with Crippen molar-refractivity contribution < 1.29 is 19.2 Å². The molecular formula is C18H18N2O5. The molecule has 25 heavy (non-hydrogen) atoms. The van der Waals surface area contributed by atoms with E-state index in [1.54, 1.807) is 43.4 Å². The summed E-state index contributed by atoms with van der Waals surface area (Å²) in [7, 11) is 1.57. The van der Waals surface area contributed by atoms with Crippen LogP contribution in [-0.4, -0.2) is 29.8 Å². The van der Waals surface area contributed by atoms with Crippen molar-refractivity contribution in [3.63, 3.8) is 0 Å². The van der Waals surface area contributed by atoms with E-state index in [0.29, 0.717) is 11.1 Å². The number of non-ortho nitro benzene ring substituents is 1. The summed E-state index contributed by atoms with van der Waals surface area (Å²) in [5.74, 6) is -0.863. The number of carbonyl (C=O) groups is 2. The monoisotopic (exact) mass is 342 g/mol. The SMILES string of the molecule is CN[C@H](C(=O)c1ccccc1)[C@@H](OC(C)=O)c1cccc([N+](=O)[O-])c1. The molecule has 0 aliphatic rings. The Bertz CT molecular complexity index is 776. The fourth-order valence-corrected chi connectivity index (χ4v) is 2.52. The molecule has 0 heterocycles. The second-order valence-electron chi connectivity index (χ2n) is 5.38. The highest BCUT2D eigenvalue weighted by atomic mass is 16.6. The Morgan fingerprint density at radius 2 is 1.80 bits per heavy atom. The van der Waals surface area contributed by atoms with Crippen LogP contribution in [0.1, 0.15) is 28.9 Å². The van der Waals surface area contributed by atoms with E-state index in [0.717, 1.165) is 0 Å². The van der Waals surface area contributed by atoms with Crippen LogP contribution in [0.15, 0.2) is 54.6 Å². The summed E-state index contributed by atoms with van der Waals surface area (Å²) in [6, 6.07) is 13.4. The molecule has 0 radical (unpaired) electrons. The number of nitro groups is 1. The third-order valence-corrected chi connectivity index (χ3v) is 3.66. The fraction of sp³-hybridized carbons (Fsp3) is 0.222. The van der Waals surface area contributed by atoms with Gasteiger partial charge in [0.25, 0.3) is 5.69 Å². The smallest absolute Gasteiger partial charge is 0.303 e. The van der Waals surface area contributed by atoms with Gasteiger partial charge in [-0.15, -0.1) is 0 Å². The lowest BCUT2D eigenvalue weighted by molar-refractivity contribution is -0.385. The molecule has 2 aromatic carbocycles. The summed E-state index contributed by atoms with van der Waals surface area (Å²) in [5.41, 5.74) is 0.675. The highest BCUT2D eigenvalue weighted by molar-refractivity contribution is 6.00. The van der Waals surface area contributed by atoms with Gasteiger partial charge in [-0.05, 0) is 7.05 Å². The lowest BCUT2D eigenvalue weighted by atomic mass is 9.94. The molecule has 0 aliphatic carbocycles. The second-order valence-corrected chi connectivity index (χ2v) is 5.38. The number of Topliss-reactive ketones (excluding diaryl/α,β-unsaturated/α-hetero) is 1. The molecule has 0 fully saturated rings. The van der Waals surface area contributed by atoms with Crippen molar-refractivity contribution in [3.8, 4) is 0 Å². The first-order valence-electron chi connectivity index (χ1n) is 7.62. The Morgan fingerprint density at radius 3 is 2.36 bits per heavy atom. The van der Waals surface area contributed by atoms with E-state index < -0.39 is 23.0 Å². The summed E-state index contributed by atoms with van der Waals surface area (Å²) in [4.78, 5) is 34.8. The minimum atomic E-state index is -0.991. The van der Waals surface area contributed by atoms with Crippen LogP contribution in [0.25, 0.3) is 0 Å². The summed E-state index contributed by atoms with van der Waals surface area (Å²) in [6.45, 7) is 1.23. The van der Waals surface area contributed by atoms with Gasteiger partial charge in [-0.25, -0.2) is 0 Å². The molecule has 2 aromatic rings. The predicted octanol–water partition coefficient (Wildman–Crippen LogP) is 2.67. The van der Waals surface area contributed by atoms with Gasteiger partial charge in [-0.2, -0.15) is 0 Å². The molecule has 1 N–H and O–H groups in total. The molecule has 0 aliphatic heterocycles. The maximum atomic E-state index is 12.8. The second kappa shape index (κ2) is 8.16. The Morgan fingerprint density at radius 1 is 1.12 bits per heavy atom. The third kappa shape index (κ3) is 4.48. The highest BCUT2D eigenvalue weighted by Gasteiger charge is 2.32. The average Bonchev–Trinajstić information content (AvgIpc) is 2.62. The van der Waals surface area contributed by atoms with Crippen LogP contribution in [0.3, 0.4) is 0 Å². The van der Waals surface area contributed by atoms with E-state index in [1.807, 2.05) is 0 Å². The topological polar surface area (TPSA) is 98.5 Å². The first-order valence-corrected chi connectivity index (χ1v) is 7.62. The van der Waals surface area contributed by atoms with Crippen molar-refractivity contribution in [3.05, 3.63) is 75.8 Å². The summed E-state index contributed by atoms with van der Waals surface area (Å²) >= 11 is 0. The van der Waals surface area contributed by atoms with Crippen LogP contribution in [0.4, 0.5) is 5.69 Å². The van der Waals surface area contributed by atoms with Gasteiger partial charge in [0.15, 0.2) is 5.78 Å². The van der Waals surface area contributed by atoms with Gasteiger partial charge in [-0.3, -0.25) is 19.7 Å². The Balaban J connectivity index is 2.44. The van der Waals surface area contributed by atoms with Gasteiger partial charge in [0, 0.05) is 30.2 Å². The molecule has 0 aromatic heterocycles. The van der Waals surface area contributed by atoms with E-state index in [9.17, 15) is 19.7 Å². The molecule has 2 rings (SSSR count). The minimum Gasteiger partial charge on any atom is -0.455 e. The van der Waals surface area contributed by atoms with Gasteiger partial charge in [0.05, 0.1) is 4.92 Å². The third-order valence-electron chi connectivity index (χ3n) is 3.66. The predicted molar refractivity (Wildman–Crippen MR) is 91.2 cm³/mol. The number of ketones is 1. The summed E-state index contributed by atoms with van der Waals surface area (Å²) in [5, 5.41) is 13.9. The van der Waals surface area contributed by atoms with Crippen molar-refractivity contribution in [1.29, 1.82) is 0 Å². The number of rotatable bonds is 7. The number of hydrogen-bond donors (Lipinski definition) is 1. The lowest BCUT2D eigenvalue weighted by Crippen LogP contribution is -2.41. The van der Waals surface area contributed by atoms with Gasteiger partial charge in [0.2, 0.25) is 0 Å². The van der Waals surface area contributed by atoms with Gasteiger partial charge in [0.1, 0.15) is 12.1 Å². The van der Waals surface area contributed by atoms with E-state index in [1.165, 1.54) is 25.1 Å². The zero-order valence-corrected chi connectivity index (χ0v) is 13.8. The minimum absolute atomic E-state index is 0.142. The maximum Gasteiger partial charge on any atom is 0.303 e. The summed E-state index contributed by atoms with van der Waals surface area (Å²) < 4.78 is 5.32. The Labute approximate surface area is 144 Å². The molecule has 0 unspecified atom stereocenters. The summed E-state index contributed by atoms with van der Waals surface area (Å²) in [6.07, 6.45) is -0.991. The number of ether oxygens (including phenoxy) is 1. The zero-order valence-electron chi connectivity index (χ0n) is 13.8. The standard InChI is InChI=1S/C18H18N2O5/c1-12(21)25-18(14-9-6-10-15(11-14)20(23)24)16(19-2)17(22)13-7-4-3-5-8-13/h3-11,16,18-19H,1-2H3/t16-,18+/m1/s1. The van der Waals surface area contributed by atoms with Crippen LogP contribution in [0, 0.1) is 10.1 Å². The molecule has 0 saturated carbocycles. The van der Waals surface area contributed by atoms with Crippen molar-refractivity contribution >= 4 is 17.4 Å². The van der Waals surface area contributed by atoms with Crippen LogP contribution in [0.2, 0.25) is 0 Å². The van der Waals surface area contributed by atoms with Crippen LogP contribution >= 0.6 is 0 Å². The van der Waals surface area contributed by atoms with Gasteiger partial charge in [-0.1, -0.05) is 42.5 Å². The zero-order chi connectivity index (χ0) is 18.4. The van der Waals surface area contributed by atoms with Crippen LogP contribution < -0.4 is 5.32 Å². The van der Waals surface area contributed by atoms with Crippen molar-refractivity contribution in [2.45, 2.75) is 19.1 Å². The largest absolute Gasteiger partial charge is 0.455 e. The number of esters is 1. The molecule has 2 atom stereocenters. The first kappa shape index (κ1) is 18.3. The van der Waals surface area contributed by atoms with Crippen molar-refractivity contribution in [1.82, 2.24) is 5.32 Å². The Kier molecular flexibility index (Phi) is 5.97. The number of nitrogens with zero attached hydrogens (tertiary/aromatic N) is 1. The van der Waals surface area contributed by atoms with Crippen molar-refractivity contribution in [2.24, 2.45) is 0 Å². The fourth-order valence-electron chi connectivity index (χ4n) is 2.52. The number of benzene rings is 2. The molecule has 7 nitrogen and oxygen atoms in total. The molecule has 0 saturated heterocycles. The lowest BCUT2D eigenvalue weighted by Gasteiger charge is -2.25. The molecule has 0 bridgehead atoms. The normalized spacial score (nSPS) is 12.9. The number of nitrogens with one attached hydrogen (secondary N) is 1. The quantitative estimate of drug-likeness (QED) is 0.359. The van der Waals surface area contributed by atoms with Crippen LogP contribution in [-0.2, 0) is 9.53 Å². The van der Waals surface area contributed by atoms with E-state index >= 15 is 0 Å². The number of nitro benzene ring substituents is 1. The van der Waals surface area contributed by atoms with Gasteiger partial charge < -0.3 is 10.1 Å². The average molecular weight is 342 g/mol. The molecule has 130 valence electrons. The molecule has 7 heteroatoms. The van der Waals surface area contributed by atoms with E-state index in [-0.39, 0.29) is 11.5 Å². The van der Waals surface area contributed by atoms with Crippen molar-refractivity contribution in [2.75, 3.05) is 7.05 Å². The highest BCUT2D eigenvalue weighted by Crippen LogP contribution is 2.27. The van der Waals surface area contributed by atoms with Gasteiger partial charge >= 0.3 is 5.97 Å². The van der Waals surface area contributed by atoms with Crippen LogP contribution in [0.5, 0.6) is 0 Å². The number of hydrogen-bond acceptors (Lipinski definition) is 6. The Hall–Kier alpha value is -3.06. The van der Waals surface area contributed by atoms with E-state index in [2.05, 4.69) is 5.32 Å². The number of likely N-dealkylation sites (N-methyl/N-ethyl adjacent to an activating group) is 1.